The van der Waals surface area contributed by atoms with Crippen molar-refractivity contribution in [2.45, 2.75) is 19.4 Å². The molecule has 3 heteroatoms. The smallest absolute Gasteiger partial charge is 0.0845 e. The maximum Gasteiger partial charge on any atom is 0.0845 e. The van der Waals surface area contributed by atoms with Gasteiger partial charge in [-0.15, -0.1) is 0 Å². The lowest BCUT2D eigenvalue weighted by Crippen LogP contribution is -2.04. The molecule has 0 fully saturated rings. The molecule has 88 valence electrons. The Kier molecular flexibility index (Phi) is 3.92. The van der Waals surface area contributed by atoms with Crippen LogP contribution in [0.25, 0.3) is 0 Å². The molecule has 0 aliphatic carbocycles. The number of aryl methyl sites for hydroxylation is 1. The molecule has 2 rings (SSSR count). The second kappa shape index (κ2) is 5.43. The molecule has 1 aromatic carbocycles. The van der Waals surface area contributed by atoms with E-state index in [0.29, 0.717) is 6.42 Å². The summed E-state index contributed by atoms with van der Waals surface area (Å²) in [6, 6.07) is 11.6. The normalized spacial score (nSPS) is 12.4. The summed E-state index contributed by atoms with van der Waals surface area (Å²) in [6.45, 7) is 2.01. The zero-order chi connectivity index (χ0) is 12.3. The Morgan fingerprint density at radius 2 is 1.94 bits per heavy atom. The van der Waals surface area contributed by atoms with Crippen molar-refractivity contribution in [2.75, 3.05) is 0 Å². The number of hydrogen-bond donors (Lipinski definition) is 1. The van der Waals surface area contributed by atoms with Crippen molar-refractivity contribution in [3.63, 3.8) is 0 Å². The highest BCUT2D eigenvalue weighted by molar-refractivity contribution is 9.10. The molecule has 1 N–H and O–H groups in total. The first-order valence-corrected chi connectivity index (χ1v) is 6.30. The molecule has 0 radical (unpaired) electrons. The van der Waals surface area contributed by atoms with Crippen LogP contribution in [0.4, 0.5) is 0 Å². The van der Waals surface area contributed by atoms with Gasteiger partial charge >= 0.3 is 0 Å². The first kappa shape index (κ1) is 12.3. The lowest BCUT2D eigenvalue weighted by molar-refractivity contribution is 0.177. The summed E-state index contributed by atoms with van der Waals surface area (Å²) in [6.07, 6.45) is 1.81. The summed E-state index contributed by atoms with van der Waals surface area (Å²) in [5, 5.41) is 10.1. The third-order valence-electron chi connectivity index (χ3n) is 2.76. The van der Waals surface area contributed by atoms with Gasteiger partial charge in [-0.3, -0.25) is 4.98 Å². The van der Waals surface area contributed by atoms with Crippen LogP contribution in [0, 0.1) is 6.92 Å². The monoisotopic (exact) mass is 291 g/mol. The van der Waals surface area contributed by atoms with Crippen molar-refractivity contribution in [1.29, 1.82) is 0 Å². The Labute approximate surface area is 109 Å². The number of rotatable bonds is 3. The molecule has 0 saturated heterocycles. The maximum atomic E-state index is 10.1. The fraction of sp³-hybridized carbons (Fsp3) is 0.214. The Balaban J connectivity index is 2.14. The minimum Gasteiger partial charge on any atom is -0.388 e. The predicted octanol–water partition coefficient (Wildman–Crippen LogP) is 3.43. The van der Waals surface area contributed by atoms with Crippen molar-refractivity contribution >= 4 is 15.9 Å². The van der Waals surface area contributed by atoms with E-state index >= 15 is 0 Å². The fourth-order valence-electron chi connectivity index (χ4n) is 1.72. The van der Waals surface area contributed by atoms with Gasteiger partial charge in [-0.1, -0.05) is 34.1 Å². The van der Waals surface area contributed by atoms with E-state index in [-0.39, 0.29) is 0 Å². The topological polar surface area (TPSA) is 33.1 Å². The van der Waals surface area contributed by atoms with E-state index in [1.165, 1.54) is 0 Å². The van der Waals surface area contributed by atoms with Crippen molar-refractivity contribution < 1.29 is 5.11 Å². The van der Waals surface area contributed by atoms with Crippen LogP contribution in [0.15, 0.2) is 47.1 Å². The van der Waals surface area contributed by atoms with Gasteiger partial charge in [0.1, 0.15) is 0 Å². The number of aliphatic hydroxyl groups is 1. The van der Waals surface area contributed by atoms with Gasteiger partial charge in [-0.05, 0) is 36.2 Å². The van der Waals surface area contributed by atoms with Crippen LogP contribution in [-0.4, -0.2) is 10.1 Å². The molecular formula is C14H14BrNO. The SMILES string of the molecule is Cc1cccnc1CC(O)c1ccc(Br)cc1. The number of benzene rings is 1. The minimum atomic E-state index is -0.503. The zero-order valence-electron chi connectivity index (χ0n) is 9.60. The van der Waals surface area contributed by atoms with E-state index in [9.17, 15) is 5.11 Å². The third-order valence-corrected chi connectivity index (χ3v) is 3.29. The number of aromatic nitrogens is 1. The largest absolute Gasteiger partial charge is 0.388 e. The predicted molar refractivity (Wildman–Crippen MR) is 71.8 cm³/mol. The highest BCUT2D eigenvalue weighted by Gasteiger charge is 2.10. The number of aliphatic hydroxyl groups excluding tert-OH is 1. The number of halogens is 1. The molecule has 0 spiro atoms. The Hall–Kier alpha value is -1.19. The van der Waals surface area contributed by atoms with E-state index in [0.717, 1.165) is 21.3 Å². The molecule has 0 bridgehead atoms. The van der Waals surface area contributed by atoms with Gasteiger partial charge in [0, 0.05) is 22.8 Å². The molecule has 0 aliphatic rings. The van der Waals surface area contributed by atoms with Gasteiger partial charge in [0.25, 0.3) is 0 Å². The average molecular weight is 292 g/mol. The van der Waals surface area contributed by atoms with Gasteiger partial charge in [0.15, 0.2) is 0 Å². The molecule has 1 atom stereocenters. The van der Waals surface area contributed by atoms with E-state index in [1.807, 2.05) is 43.3 Å². The molecule has 0 amide bonds. The first-order valence-electron chi connectivity index (χ1n) is 5.51. The average Bonchev–Trinajstić information content (AvgIpc) is 2.33. The van der Waals surface area contributed by atoms with Gasteiger partial charge in [0.2, 0.25) is 0 Å². The molecule has 0 saturated carbocycles. The molecular weight excluding hydrogens is 278 g/mol. The quantitative estimate of drug-likeness (QED) is 0.940. The van der Waals surface area contributed by atoms with E-state index in [4.69, 9.17) is 0 Å². The number of nitrogens with zero attached hydrogens (tertiary/aromatic N) is 1. The lowest BCUT2D eigenvalue weighted by Gasteiger charge is -2.12. The van der Waals surface area contributed by atoms with Gasteiger partial charge < -0.3 is 5.11 Å². The van der Waals surface area contributed by atoms with Crippen LogP contribution >= 0.6 is 15.9 Å². The second-order valence-corrected chi connectivity index (χ2v) is 4.95. The van der Waals surface area contributed by atoms with Crippen LogP contribution in [-0.2, 0) is 6.42 Å². The maximum absolute atomic E-state index is 10.1. The summed E-state index contributed by atoms with van der Waals surface area (Å²) < 4.78 is 1.02. The highest BCUT2D eigenvalue weighted by Crippen LogP contribution is 2.20. The molecule has 1 aromatic heterocycles. The van der Waals surface area contributed by atoms with Gasteiger partial charge in [0.05, 0.1) is 6.10 Å². The summed E-state index contributed by atoms with van der Waals surface area (Å²) in [7, 11) is 0. The summed E-state index contributed by atoms with van der Waals surface area (Å²) in [5.41, 5.74) is 2.98. The molecule has 2 aromatic rings. The zero-order valence-corrected chi connectivity index (χ0v) is 11.2. The van der Waals surface area contributed by atoms with Gasteiger partial charge in [-0.25, -0.2) is 0 Å². The minimum absolute atomic E-state index is 0.503. The van der Waals surface area contributed by atoms with Crippen LogP contribution in [0.1, 0.15) is 22.9 Å². The Bertz CT molecular complexity index is 496. The van der Waals surface area contributed by atoms with Crippen LogP contribution in [0.2, 0.25) is 0 Å². The molecule has 1 unspecified atom stereocenters. The van der Waals surface area contributed by atoms with Crippen LogP contribution in [0.3, 0.4) is 0 Å². The van der Waals surface area contributed by atoms with E-state index in [1.54, 1.807) is 6.20 Å². The first-order chi connectivity index (χ1) is 8.16. The number of pyridine rings is 1. The standard InChI is InChI=1S/C14H14BrNO/c1-10-3-2-8-16-13(10)9-14(17)11-4-6-12(15)7-5-11/h2-8,14,17H,9H2,1H3. The van der Waals surface area contributed by atoms with Crippen molar-refractivity contribution in [3.8, 4) is 0 Å². The van der Waals surface area contributed by atoms with E-state index in [2.05, 4.69) is 20.9 Å². The highest BCUT2D eigenvalue weighted by atomic mass is 79.9. The van der Waals surface area contributed by atoms with Crippen molar-refractivity contribution in [1.82, 2.24) is 4.98 Å². The third kappa shape index (κ3) is 3.14. The van der Waals surface area contributed by atoms with Crippen molar-refractivity contribution in [2.24, 2.45) is 0 Å². The fourth-order valence-corrected chi connectivity index (χ4v) is 1.98. The molecule has 2 nitrogen and oxygen atoms in total. The Morgan fingerprint density at radius 1 is 1.24 bits per heavy atom. The Morgan fingerprint density at radius 3 is 2.59 bits per heavy atom. The summed E-state index contributed by atoms with van der Waals surface area (Å²) >= 11 is 3.38. The number of hydrogen-bond acceptors (Lipinski definition) is 2. The summed E-state index contributed by atoms with van der Waals surface area (Å²) in [5.74, 6) is 0. The van der Waals surface area contributed by atoms with E-state index < -0.39 is 6.10 Å². The molecule has 17 heavy (non-hydrogen) atoms. The lowest BCUT2D eigenvalue weighted by atomic mass is 10.0. The van der Waals surface area contributed by atoms with Crippen LogP contribution < -0.4 is 0 Å². The van der Waals surface area contributed by atoms with Gasteiger partial charge in [-0.2, -0.15) is 0 Å². The molecule has 0 aliphatic heterocycles. The van der Waals surface area contributed by atoms with Crippen molar-refractivity contribution in [3.05, 3.63) is 63.9 Å². The summed E-state index contributed by atoms with van der Waals surface area (Å²) in [4.78, 5) is 4.29. The van der Waals surface area contributed by atoms with Crippen LogP contribution in [0.5, 0.6) is 0 Å². The second-order valence-electron chi connectivity index (χ2n) is 4.04. The molecule has 1 heterocycles.